The maximum atomic E-state index is 12.4. The fraction of sp³-hybridized carbons (Fsp3) is 0.588. The van der Waals surface area contributed by atoms with Crippen LogP contribution in [-0.2, 0) is 9.84 Å². The van der Waals surface area contributed by atoms with Crippen molar-refractivity contribution < 1.29 is 18.1 Å². The zero-order chi connectivity index (χ0) is 18.9. The molecule has 142 valence electrons. The van der Waals surface area contributed by atoms with Crippen molar-refractivity contribution in [2.75, 3.05) is 29.5 Å². The number of hydrogen-bond donors (Lipinski definition) is 1. The molecule has 1 aromatic carbocycles. The number of anilines is 1. The molecule has 1 aromatic rings. The van der Waals surface area contributed by atoms with E-state index in [-0.39, 0.29) is 22.8 Å². The molecule has 0 aliphatic carbocycles. The summed E-state index contributed by atoms with van der Waals surface area (Å²) in [6.45, 7) is 3.68. The monoisotopic (exact) mass is 381 g/mol. The van der Waals surface area contributed by atoms with Crippen molar-refractivity contribution in [3.8, 4) is 0 Å². The highest BCUT2D eigenvalue weighted by Crippen LogP contribution is 2.32. The van der Waals surface area contributed by atoms with Gasteiger partial charge in [-0.25, -0.2) is 8.42 Å². The third-order valence-corrected chi connectivity index (χ3v) is 6.89. The van der Waals surface area contributed by atoms with Gasteiger partial charge in [-0.05, 0) is 37.3 Å². The lowest BCUT2D eigenvalue weighted by atomic mass is 9.98. The van der Waals surface area contributed by atoms with Gasteiger partial charge in [-0.15, -0.1) is 0 Å². The number of amides is 1. The van der Waals surface area contributed by atoms with Gasteiger partial charge in [-0.3, -0.25) is 14.9 Å². The molecule has 0 aromatic heterocycles. The molecule has 1 amide bonds. The maximum Gasteiger partial charge on any atom is 0.293 e. The Hall–Kier alpha value is -2.16. The Morgan fingerprint density at radius 3 is 2.54 bits per heavy atom. The highest BCUT2D eigenvalue weighted by Gasteiger charge is 2.30. The molecule has 0 spiro atoms. The van der Waals surface area contributed by atoms with Crippen molar-refractivity contribution in [3.63, 3.8) is 0 Å². The Morgan fingerprint density at radius 2 is 1.96 bits per heavy atom. The van der Waals surface area contributed by atoms with Gasteiger partial charge in [-0.1, -0.05) is 6.92 Å². The number of nitrogens with zero attached hydrogens (tertiary/aromatic N) is 2. The van der Waals surface area contributed by atoms with Crippen LogP contribution in [0.25, 0.3) is 0 Å². The number of nitro benzene ring substituents is 1. The van der Waals surface area contributed by atoms with Crippen LogP contribution in [0.2, 0.25) is 0 Å². The van der Waals surface area contributed by atoms with E-state index in [1.54, 1.807) is 12.1 Å². The number of carbonyl (C=O) groups excluding carboxylic acids is 1. The lowest BCUT2D eigenvalue weighted by Crippen LogP contribution is -2.36. The van der Waals surface area contributed by atoms with Gasteiger partial charge in [0.2, 0.25) is 0 Å². The number of hydrogen-bond acceptors (Lipinski definition) is 6. The molecule has 0 bridgehead atoms. The van der Waals surface area contributed by atoms with E-state index in [1.165, 1.54) is 6.07 Å². The number of sulfone groups is 1. The van der Waals surface area contributed by atoms with Crippen molar-refractivity contribution >= 4 is 27.1 Å². The van der Waals surface area contributed by atoms with Gasteiger partial charge in [0.25, 0.3) is 11.6 Å². The number of rotatable bonds is 4. The lowest BCUT2D eigenvalue weighted by Gasteiger charge is -2.31. The van der Waals surface area contributed by atoms with E-state index in [0.29, 0.717) is 18.0 Å². The van der Waals surface area contributed by atoms with Gasteiger partial charge in [0.15, 0.2) is 9.84 Å². The summed E-state index contributed by atoms with van der Waals surface area (Å²) in [5.74, 6) is 0.113. The lowest BCUT2D eigenvalue weighted by molar-refractivity contribution is -0.384. The van der Waals surface area contributed by atoms with Crippen LogP contribution in [0.3, 0.4) is 0 Å². The van der Waals surface area contributed by atoms with Gasteiger partial charge in [0.1, 0.15) is 5.69 Å². The van der Waals surface area contributed by atoms with Gasteiger partial charge in [0, 0.05) is 30.8 Å². The van der Waals surface area contributed by atoms with E-state index in [1.807, 2.05) is 4.90 Å². The number of nitrogens with one attached hydrogen (secondary N) is 1. The molecule has 1 unspecified atom stereocenters. The van der Waals surface area contributed by atoms with E-state index >= 15 is 0 Å². The smallest absolute Gasteiger partial charge is 0.293 e. The highest BCUT2D eigenvalue weighted by atomic mass is 32.2. The van der Waals surface area contributed by atoms with Crippen LogP contribution in [0.1, 0.15) is 36.5 Å². The van der Waals surface area contributed by atoms with Crippen molar-refractivity contribution in [2.45, 2.75) is 32.2 Å². The minimum Gasteiger partial charge on any atom is -0.366 e. The second kappa shape index (κ2) is 7.22. The highest BCUT2D eigenvalue weighted by molar-refractivity contribution is 7.91. The van der Waals surface area contributed by atoms with Crippen LogP contribution in [0.15, 0.2) is 18.2 Å². The normalized spacial score (nSPS) is 23.0. The molecule has 2 aliphatic heterocycles. The van der Waals surface area contributed by atoms with Gasteiger partial charge < -0.3 is 10.2 Å². The van der Waals surface area contributed by atoms with Gasteiger partial charge in [-0.2, -0.15) is 0 Å². The van der Waals surface area contributed by atoms with E-state index in [2.05, 4.69) is 12.2 Å². The van der Waals surface area contributed by atoms with Crippen molar-refractivity contribution in [2.24, 2.45) is 5.92 Å². The summed E-state index contributed by atoms with van der Waals surface area (Å²) in [6, 6.07) is 4.04. The Morgan fingerprint density at radius 1 is 1.27 bits per heavy atom. The first-order valence-electron chi connectivity index (χ1n) is 8.80. The van der Waals surface area contributed by atoms with Crippen LogP contribution >= 0.6 is 0 Å². The fourth-order valence-corrected chi connectivity index (χ4v) is 5.18. The average Bonchev–Trinajstić information content (AvgIpc) is 2.93. The number of nitro groups is 1. The standard InChI is InChI=1S/C17H23N3O5S/c1-12-4-7-19(8-5-12)15-3-2-13(10-16(15)20(22)23)17(21)18-14-6-9-26(24,25)11-14/h2-3,10,12,14H,4-9,11H2,1H3,(H,18,21). The first kappa shape index (κ1) is 18.6. The van der Waals surface area contributed by atoms with Crippen molar-refractivity contribution in [1.82, 2.24) is 5.32 Å². The van der Waals surface area contributed by atoms with Crippen LogP contribution in [-0.4, -0.2) is 49.9 Å². The van der Waals surface area contributed by atoms with E-state index in [9.17, 15) is 23.3 Å². The quantitative estimate of drug-likeness (QED) is 0.628. The van der Waals surface area contributed by atoms with Crippen LogP contribution in [0, 0.1) is 16.0 Å². The number of benzene rings is 1. The molecule has 3 rings (SSSR count). The van der Waals surface area contributed by atoms with E-state index in [0.717, 1.165) is 25.9 Å². The third-order valence-electron chi connectivity index (χ3n) is 5.13. The molecule has 26 heavy (non-hydrogen) atoms. The summed E-state index contributed by atoms with van der Waals surface area (Å²) in [6.07, 6.45) is 2.34. The Labute approximate surface area is 152 Å². The summed E-state index contributed by atoms with van der Waals surface area (Å²) < 4.78 is 23.0. The summed E-state index contributed by atoms with van der Waals surface area (Å²) >= 11 is 0. The molecule has 1 atom stereocenters. The molecule has 2 saturated heterocycles. The zero-order valence-electron chi connectivity index (χ0n) is 14.7. The minimum atomic E-state index is -3.10. The molecule has 8 nitrogen and oxygen atoms in total. The summed E-state index contributed by atoms with van der Waals surface area (Å²) in [5, 5.41) is 14.2. The SMILES string of the molecule is CC1CCN(c2ccc(C(=O)NC3CCS(=O)(=O)C3)cc2[N+](=O)[O-])CC1. The molecular formula is C17H23N3O5S. The van der Waals surface area contributed by atoms with Gasteiger partial charge >= 0.3 is 0 Å². The first-order valence-corrected chi connectivity index (χ1v) is 10.6. The second-order valence-corrected chi connectivity index (χ2v) is 9.43. The fourth-order valence-electron chi connectivity index (χ4n) is 3.51. The predicted molar refractivity (Wildman–Crippen MR) is 98.2 cm³/mol. The zero-order valence-corrected chi connectivity index (χ0v) is 15.5. The van der Waals surface area contributed by atoms with E-state index < -0.39 is 26.7 Å². The van der Waals surface area contributed by atoms with E-state index in [4.69, 9.17) is 0 Å². The first-order chi connectivity index (χ1) is 12.2. The second-order valence-electron chi connectivity index (χ2n) is 7.20. The number of carbonyl (C=O) groups is 1. The van der Waals surface area contributed by atoms with Crippen molar-refractivity contribution in [1.29, 1.82) is 0 Å². The van der Waals surface area contributed by atoms with Crippen LogP contribution in [0.4, 0.5) is 11.4 Å². The summed E-state index contributed by atoms with van der Waals surface area (Å²) in [7, 11) is -3.10. The topological polar surface area (TPSA) is 110 Å². The minimum absolute atomic E-state index is 0.0599. The molecule has 2 heterocycles. The average molecular weight is 381 g/mol. The Bertz CT molecular complexity index is 816. The third kappa shape index (κ3) is 4.14. The molecule has 9 heteroatoms. The Balaban J connectivity index is 1.77. The van der Waals surface area contributed by atoms with Gasteiger partial charge in [0.05, 0.1) is 16.4 Å². The molecule has 1 N–H and O–H groups in total. The molecule has 2 fully saturated rings. The summed E-state index contributed by atoms with van der Waals surface area (Å²) in [4.78, 5) is 25.4. The molecule has 0 radical (unpaired) electrons. The predicted octanol–water partition coefficient (Wildman–Crippen LogP) is 1.75. The molecule has 0 saturated carbocycles. The number of piperidine rings is 1. The summed E-state index contributed by atoms with van der Waals surface area (Å²) in [5.41, 5.74) is 0.614. The van der Waals surface area contributed by atoms with Crippen LogP contribution in [0.5, 0.6) is 0 Å². The Kier molecular flexibility index (Phi) is 5.17. The van der Waals surface area contributed by atoms with Crippen LogP contribution < -0.4 is 10.2 Å². The largest absolute Gasteiger partial charge is 0.366 e. The maximum absolute atomic E-state index is 12.4. The van der Waals surface area contributed by atoms with Crippen molar-refractivity contribution in [3.05, 3.63) is 33.9 Å². The molecular weight excluding hydrogens is 358 g/mol. The molecule has 2 aliphatic rings.